The molecule has 1 aliphatic rings. The highest BCUT2D eigenvalue weighted by molar-refractivity contribution is 5.87. The SMILES string of the molecule is C.C.C.C.C.C.C.C=C(C)C(=O)OCC(O)CCOc1ccc(C2(c3ccc(OCCOCC(O)COC(=O)C(=C)C)cc3)c3ccccc3-c3ccccc32)cc1. The van der Waals surface area contributed by atoms with Crippen molar-refractivity contribution < 1.29 is 43.5 Å². The number of carbonyl (C=O) groups is 2. The van der Waals surface area contributed by atoms with E-state index in [9.17, 15) is 19.8 Å². The van der Waals surface area contributed by atoms with Crippen LogP contribution in [0.15, 0.2) is 121 Å². The van der Waals surface area contributed by atoms with Gasteiger partial charge in [0.25, 0.3) is 0 Å². The average Bonchev–Trinajstić information content (AvgIpc) is 3.44. The Hall–Kier alpha value is -5.22. The number of esters is 2. The molecule has 9 heteroatoms. The van der Waals surface area contributed by atoms with Gasteiger partial charge in [0.05, 0.1) is 31.3 Å². The Bertz CT molecular complexity index is 1780. The largest absolute Gasteiger partial charge is 0.493 e. The number of hydrogen-bond acceptors (Lipinski definition) is 9. The van der Waals surface area contributed by atoms with Crippen molar-refractivity contribution in [3.8, 4) is 22.6 Å². The van der Waals surface area contributed by atoms with Crippen LogP contribution < -0.4 is 9.47 Å². The molecule has 0 aromatic heterocycles. The lowest BCUT2D eigenvalue weighted by molar-refractivity contribution is -0.143. The maximum atomic E-state index is 11.6. The molecule has 0 spiro atoms. The lowest BCUT2D eigenvalue weighted by atomic mass is 9.68. The van der Waals surface area contributed by atoms with E-state index in [1.54, 1.807) is 13.8 Å². The van der Waals surface area contributed by atoms with Gasteiger partial charge in [0.2, 0.25) is 0 Å². The van der Waals surface area contributed by atoms with Gasteiger partial charge < -0.3 is 33.9 Å². The number of benzene rings is 4. The summed E-state index contributed by atoms with van der Waals surface area (Å²) in [4.78, 5) is 23.1. The van der Waals surface area contributed by atoms with Crippen molar-refractivity contribution in [3.05, 3.63) is 144 Å². The topological polar surface area (TPSA) is 121 Å². The number of carbonyl (C=O) groups excluding carboxylic acids is 2. The normalized spacial score (nSPS) is 12.0. The van der Waals surface area contributed by atoms with Gasteiger partial charge in [-0.25, -0.2) is 9.59 Å². The van der Waals surface area contributed by atoms with Gasteiger partial charge in [-0.05, 0) is 71.5 Å². The number of ether oxygens (including phenoxy) is 5. The molecule has 5 rings (SSSR count). The summed E-state index contributed by atoms with van der Waals surface area (Å²) in [7, 11) is 0. The highest BCUT2D eigenvalue weighted by Gasteiger charge is 2.45. The molecule has 0 bridgehead atoms. The summed E-state index contributed by atoms with van der Waals surface area (Å²) in [6.45, 7) is 10.6. The van der Waals surface area contributed by atoms with E-state index in [1.165, 1.54) is 22.3 Å². The molecule has 0 aliphatic heterocycles. The van der Waals surface area contributed by atoms with Crippen LogP contribution in [0.1, 0.15) is 94.5 Å². The first-order valence-electron chi connectivity index (χ1n) is 16.9. The zero-order valence-corrected chi connectivity index (χ0v) is 29.0. The maximum Gasteiger partial charge on any atom is 0.333 e. The molecular weight excluding hydrogens is 733 g/mol. The van der Waals surface area contributed by atoms with E-state index in [0.29, 0.717) is 17.9 Å². The van der Waals surface area contributed by atoms with E-state index < -0.39 is 29.6 Å². The van der Waals surface area contributed by atoms with Gasteiger partial charge in [0.15, 0.2) is 0 Å². The molecule has 4 aromatic rings. The predicted molar refractivity (Wildman–Crippen MR) is 241 cm³/mol. The standard InChI is InChI=1S/C42H44O9.7CH4/c1-28(2)40(45)50-26-32(43)21-22-48-34-17-13-30(14-18-34)42(38-11-7-5-9-36(38)37-10-6-8-12-39(37)42)31-15-19-35(20-16-31)49-24-23-47-25-33(44)27-51-41(46)29(3)4;;;;;;;/h5-20,32-33,43-44H,1,3,21-27H2,2,4H3;7*1H4. The summed E-state index contributed by atoms with van der Waals surface area (Å²) in [6, 6.07) is 33.0. The van der Waals surface area contributed by atoms with Crippen molar-refractivity contribution in [3.63, 3.8) is 0 Å². The minimum absolute atomic E-state index is 0. The second-order valence-electron chi connectivity index (χ2n) is 12.5. The minimum atomic E-state index is -0.945. The van der Waals surface area contributed by atoms with Crippen molar-refractivity contribution in [1.82, 2.24) is 0 Å². The Labute approximate surface area is 350 Å². The Morgan fingerprint density at radius 3 is 1.38 bits per heavy atom. The van der Waals surface area contributed by atoms with E-state index >= 15 is 0 Å². The lowest BCUT2D eigenvalue weighted by Gasteiger charge is -2.34. The molecule has 0 heterocycles. The summed E-state index contributed by atoms with van der Waals surface area (Å²) >= 11 is 0. The predicted octanol–water partition coefficient (Wildman–Crippen LogP) is 10.6. The highest BCUT2D eigenvalue weighted by atomic mass is 16.6. The second-order valence-corrected chi connectivity index (χ2v) is 12.5. The molecule has 0 saturated heterocycles. The summed E-state index contributed by atoms with van der Waals surface area (Å²) in [6.07, 6.45) is -1.50. The van der Waals surface area contributed by atoms with E-state index in [1.807, 2.05) is 24.3 Å². The van der Waals surface area contributed by atoms with Gasteiger partial charge in [0.1, 0.15) is 37.4 Å². The number of rotatable bonds is 18. The summed E-state index contributed by atoms with van der Waals surface area (Å²) < 4.78 is 27.4. The Kier molecular flexibility index (Phi) is 26.2. The first-order valence-corrected chi connectivity index (χ1v) is 16.9. The van der Waals surface area contributed by atoms with Crippen molar-refractivity contribution >= 4 is 11.9 Å². The van der Waals surface area contributed by atoms with E-state index in [4.69, 9.17) is 23.7 Å². The van der Waals surface area contributed by atoms with Crippen molar-refractivity contribution in [2.75, 3.05) is 39.6 Å². The monoisotopic (exact) mass is 805 g/mol. The fraction of sp³-hybridized carbons (Fsp3) is 0.388. The molecule has 0 amide bonds. The fourth-order valence-corrected chi connectivity index (χ4v) is 6.10. The molecule has 0 radical (unpaired) electrons. The third-order valence-electron chi connectivity index (χ3n) is 8.56. The third-order valence-corrected chi connectivity index (χ3v) is 8.56. The average molecular weight is 805 g/mol. The van der Waals surface area contributed by atoms with Crippen molar-refractivity contribution in [2.24, 2.45) is 0 Å². The Balaban J connectivity index is -0.00000432. The third kappa shape index (κ3) is 13.4. The molecule has 9 nitrogen and oxygen atoms in total. The molecule has 0 fully saturated rings. The van der Waals surface area contributed by atoms with Crippen LogP contribution in [0.25, 0.3) is 11.1 Å². The first kappa shape index (κ1) is 57.1. The van der Waals surface area contributed by atoms with E-state index in [0.717, 1.165) is 11.1 Å². The van der Waals surface area contributed by atoms with Gasteiger partial charge in [-0.15, -0.1) is 0 Å². The number of fused-ring (bicyclic) bond motifs is 3. The maximum absolute atomic E-state index is 11.6. The van der Waals surface area contributed by atoms with Crippen molar-refractivity contribution in [1.29, 1.82) is 0 Å². The van der Waals surface area contributed by atoms with Crippen LogP contribution in [-0.4, -0.2) is 74.0 Å². The molecule has 1 aliphatic carbocycles. The van der Waals surface area contributed by atoms with Crippen molar-refractivity contribution in [2.45, 2.75) is 89.9 Å². The molecule has 0 saturated carbocycles. The highest BCUT2D eigenvalue weighted by Crippen LogP contribution is 2.56. The van der Waals surface area contributed by atoms with Crippen LogP contribution in [0.2, 0.25) is 0 Å². The first-order chi connectivity index (χ1) is 24.6. The smallest absolute Gasteiger partial charge is 0.333 e. The van der Waals surface area contributed by atoms with E-state index in [2.05, 4.69) is 86.0 Å². The zero-order chi connectivity index (χ0) is 36.4. The van der Waals surface area contributed by atoms with Gasteiger partial charge in [-0.3, -0.25) is 0 Å². The van der Waals surface area contributed by atoms with Crippen LogP contribution in [0.3, 0.4) is 0 Å². The van der Waals surface area contributed by atoms with E-state index in [-0.39, 0.29) is 103 Å². The van der Waals surface area contributed by atoms with Crippen LogP contribution in [0.4, 0.5) is 0 Å². The number of aliphatic hydroxyl groups is 2. The van der Waals surface area contributed by atoms with Gasteiger partial charge >= 0.3 is 11.9 Å². The number of hydrogen-bond donors (Lipinski definition) is 2. The summed E-state index contributed by atoms with van der Waals surface area (Å²) in [5, 5.41) is 20.2. The van der Waals surface area contributed by atoms with Crippen LogP contribution in [-0.2, 0) is 29.2 Å². The minimum Gasteiger partial charge on any atom is -0.493 e. The molecule has 322 valence electrons. The number of aliphatic hydroxyl groups excluding tert-OH is 2. The molecule has 4 aromatic carbocycles. The lowest BCUT2D eigenvalue weighted by Crippen LogP contribution is -2.28. The van der Waals surface area contributed by atoms with Gasteiger partial charge in [-0.1, -0.05) is 138 Å². The summed E-state index contributed by atoms with van der Waals surface area (Å²) in [5.74, 6) is 0.250. The molecule has 58 heavy (non-hydrogen) atoms. The quantitative estimate of drug-likeness (QED) is 0.0506. The zero-order valence-electron chi connectivity index (χ0n) is 29.0. The van der Waals surface area contributed by atoms with Crippen LogP contribution >= 0.6 is 0 Å². The summed E-state index contributed by atoms with van der Waals surface area (Å²) in [5.41, 5.74) is 6.75. The molecule has 2 atom stereocenters. The van der Waals surface area contributed by atoms with Crippen LogP contribution in [0, 0.1) is 0 Å². The molecular formula is C49H72O9. The van der Waals surface area contributed by atoms with Gasteiger partial charge in [0, 0.05) is 17.6 Å². The fourth-order valence-electron chi connectivity index (χ4n) is 6.10. The molecule has 2 N–H and O–H groups in total. The van der Waals surface area contributed by atoms with Crippen LogP contribution in [0.5, 0.6) is 11.5 Å². The molecule has 2 unspecified atom stereocenters. The second kappa shape index (κ2) is 26.7. The van der Waals surface area contributed by atoms with Gasteiger partial charge in [-0.2, -0.15) is 0 Å². The Morgan fingerprint density at radius 2 is 0.948 bits per heavy atom. The Morgan fingerprint density at radius 1 is 0.552 bits per heavy atom.